The SMILES string of the molecule is COc1ccccc1CN1C[C@@H](c2ccccc2)[C@@]2(CCCC(=O)N2)C1. The molecular formula is C22H26N2O2. The van der Waals surface area contributed by atoms with Crippen LogP contribution < -0.4 is 10.1 Å². The summed E-state index contributed by atoms with van der Waals surface area (Å²) in [5.41, 5.74) is 2.36. The molecule has 4 heteroatoms. The van der Waals surface area contributed by atoms with Crippen molar-refractivity contribution >= 4 is 5.91 Å². The van der Waals surface area contributed by atoms with Crippen LogP contribution in [0.3, 0.4) is 0 Å². The molecule has 4 rings (SSSR count). The number of nitrogens with one attached hydrogen (secondary N) is 1. The third-order valence-corrected chi connectivity index (χ3v) is 5.82. The molecule has 1 N–H and O–H groups in total. The van der Waals surface area contributed by atoms with Crippen LogP contribution in [0.15, 0.2) is 54.6 Å². The van der Waals surface area contributed by atoms with Crippen LogP contribution in [0.1, 0.15) is 36.3 Å². The Bertz CT molecular complexity index is 777. The number of rotatable bonds is 4. The van der Waals surface area contributed by atoms with Gasteiger partial charge in [0.2, 0.25) is 5.91 Å². The molecule has 136 valence electrons. The fourth-order valence-electron chi connectivity index (χ4n) is 4.66. The summed E-state index contributed by atoms with van der Waals surface area (Å²) in [5, 5.41) is 3.37. The van der Waals surface area contributed by atoms with E-state index in [-0.39, 0.29) is 11.4 Å². The molecule has 2 aliphatic rings. The number of benzene rings is 2. The van der Waals surface area contributed by atoms with Crippen LogP contribution in [0, 0.1) is 0 Å². The zero-order chi connectivity index (χ0) is 18.0. The zero-order valence-electron chi connectivity index (χ0n) is 15.3. The van der Waals surface area contributed by atoms with Gasteiger partial charge in [0.05, 0.1) is 12.6 Å². The highest BCUT2D eigenvalue weighted by atomic mass is 16.5. The molecule has 2 heterocycles. The Balaban J connectivity index is 1.62. The highest BCUT2D eigenvalue weighted by Gasteiger charge is 2.49. The summed E-state index contributed by atoms with van der Waals surface area (Å²) < 4.78 is 5.52. The minimum absolute atomic E-state index is 0.154. The molecule has 0 radical (unpaired) electrons. The van der Waals surface area contributed by atoms with Crippen molar-refractivity contribution in [1.29, 1.82) is 0 Å². The number of hydrogen-bond acceptors (Lipinski definition) is 3. The Hall–Kier alpha value is -2.33. The van der Waals surface area contributed by atoms with Gasteiger partial charge < -0.3 is 10.1 Å². The van der Waals surface area contributed by atoms with Crippen LogP contribution in [0.5, 0.6) is 5.75 Å². The lowest BCUT2D eigenvalue weighted by molar-refractivity contribution is -0.125. The third-order valence-electron chi connectivity index (χ3n) is 5.82. The first-order chi connectivity index (χ1) is 12.7. The van der Waals surface area contributed by atoms with Gasteiger partial charge in [-0.15, -0.1) is 0 Å². The van der Waals surface area contributed by atoms with E-state index in [1.165, 1.54) is 11.1 Å². The van der Waals surface area contributed by atoms with E-state index < -0.39 is 0 Å². The number of piperidine rings is 1. The molecule has 2 atom stereocenters. The van der Waals surface area contributed by atoms with Gasteiger partial charge in [0.25, 0.3) is 0 Å². The smallest absolute Gasteiger partial charge is 0.220 e. The molecule has 2 aromatic rings. The zero-order valence-corrected chi connectivity index (χ0v) is 15.3. The number of carbonyl (C=O) groups is 1. The van der Waals surface area contributed by atoms with Crippen molar-refractivity contribution in [3.05, 3.63) is 65.7 Å². The van der Waals surface area contributed by atoms with Gasteiger partial charge in [-0.3, -0.25) is 9.69 Å². The first kappa shape index (κ1) is 17.1. The van der Waals surface area contributed by atoms with E-state index in [0.717, 1.165) is 38.2 Å². The van der Waals surface area contributed by atoms with E-state index in [9.17, 15) is 4.79 Å². The predicted molar refractivity (Wildman–Crippen MR) is 102 cm³/mol. The van der Waals surface area contributed by atoms with Crippen LogP contribution in [0.4, 0.5) is 0 Å². The Morgan fingerprint density at radius 3 is 2.69 bits per heavy atom. The molecule has 0 saturated carbocycles. The second-order valence-corrected chi connectivity index (χ2v) is 7.50. The summed E-state index contributed by atoms with van der Waals surface area (Å²) in [6.07, 6.45) is 2.66. The van der Waals surface area contributed by atoms with Gasteiger partial charge in [-0.2, -0.15) is 0 Å². The number of para-hydroxylation sites is 1. The summed E-state index contributed by atoms with van der Waals surface area (Å²) in [5.74, 6) is 1.44. The number of hydrogen-bond donors (Lipinski definition) is 1. The van der Waals surface area contributed by atoms with E-state index in [1.807, 2.05) is 12.1 Å². The van der Waals surface area contributed by atoms with E-state index in [2.05, 4.69) is 52.7 Å². The Kier molecular flexibility index (Phi) is 4.68. The van der Waals surface area contributed by atoms with Crippen molar-refractivity contribution < 1.29 is 9.53 Å². The van der Waals surface area contributed by atoms with Crippen LogP contribution >= 0.6 is 0 Å². The topological polar surface area (TPSA) is 41.6 Å². The van der Waals surface area contributed by atoms with E-state index in [4.69, 9.17) is 4.74 Å². The molecule has 2 fully saturated rings. The molecule has 0 aliphatic carbocycles. The normalized spacial score (nSPS) is 26.0. The van der Waals surface area contributed by atoms with E-state index in [0.29, 0.717) is 12.3 Å². The summed E-state index contributed by atoms with van der Waals surface area (Å²) in [7, 11) is 1.72. The second kappa shape index (κ2) is 7.12. The third kappa shape index (κ3) is 3.21. The van der Waals surface area contributed by atoms with Gasteiger partial charge in [0.1, 0.15) is 5.75 Å². The Morgan fingerprint density at radius 2 is 1.92 bits per heavy atom. The van der Waals surface area contributed by atoms with Gasteiger partial charge >= 0.3 is 0 Å². The summed E-state index contributed by atoms with van der Waals surface area (Å²) in [6.45, 7) is 2.67. The lowest BCUT2D eigenvalue weighted by Gasteiger charge is -2.39. The first-order valence-electron chi connectivity index (χ1n) is 9.40. The molecule has 2 aliphatic heterocycles. The standard InChI is InChI=1S/C22H26N2O2/c1-26-20-11-6-5-10-18(20)14-24-15-19(17-8-3-2-4-9-17)22(16-24)13-7-12-21(25)23-22/h2-6,8-11,19H,7,12-16H2,1H3,(H,23,25)/t19-,22+/m0/s1. The summed E-state index contributed by atoms with van der Waals surface area (Å²) in [6, 6.07) is 18.8. The molecule has 0 unspecified atom stereocenters. The van der Waals surface area contributed by atoms with Gasteiger partial charge in [-0.05, 0) is 24.5 Å². The average molecular weight is 350 g/mol. The average Bonchev–Trinajstić information content (AvgIpc) is 2.99. The van der Waals surface area contributed by atoms with Crippen molar-refractivity contribution in [3.8, 4) is 5.75 Å². The largest absolute Gasteiger partial charge is 0.496 e. The van der Waals surface area contributed by atoms with Crippen molar-refractivity contribution in [2.24, 2.45) is 0 Å². The number of likely N-dealkylation sites (tertiary alicyclic amines) is 1. The quantitative estimate of drug-likeness (QED) is 0.920. The molecule has 1 amide bonds. The minimum atomic E-state index is -0.154. The minimum Gasteiger partial charge on any atom is -0.496 e. The van der Waals surface area contributed by atoms with Crippen LogP contribution in [0.2, 0.25) is 0 Å². The van der Waals surface area contributed by atoms with Crippen molar-refractivity contribution in [3.63, 3.8) is 0 Å². The number of nitrogens with zero attached hydrogens (tertiary/aromatic N) is 1. The van der Waals surface area contributed by atoms with Gasteiger partial charge in [0.15, 0.2) is 0 Å². The highest BCUT2D eigenvalue weighted by Crippen LogP contribution is 2.42. The van der Waals surface area contributed by atoms with E-state index >= 15 is 0 Å². The van der Waals surface area contributed by atoms with Gasteiger partial charge in [-0.25, -0.2) is 0 Å². The van der Waals surface area contributed by atoms with E-state index in [1.54, 1.807) is 7.11 Å². The maximum absolute atomic E-state index is 12.2. The number of carbonyl (C=O) groups excluding carboxylic acids is 1. The molecule has 26 heavy (non-hydrogen) atoms. The fourth-order valence-corrected chi connectivity index (χ4v) is 4.66. The van der Waals surface area contributed by atoms with Gasteiger partial charge in [0, 0.05) is 37.5 Å². The van der Waals surface area contributed by atoms with Crippen LogP contribution in [0.25, 0.3) is 0 Å². The molecule has 2 aromatic carbocycles. The summed E-state index contributed by atoms with van der Waals surface area (Å²) in [4.78, 5) is 14.7. The van der Waals surface area contributed by atoms with Crippen LogP contribution in [-0.4, -0.2) is 36.5 Å². The highest BCUT2D eigenvalue weighted by molar-refractivity contribution is 5.78. The summed E-state index contributed by atoms with van der Waals surface area (Å²) >= 11 is 0. The van der Waals surface area contributed by atoms with Crippen molar-refractivity contribution in [2.45, 2.75) is 37.3 Å². The second-order valence-electron chi connectivity index (χ2n) is 7.50. The molecule has 1 spiro atoms. The van der Waals surface area contributed by atoms with Crippen molar-refractivity contribution in [2.75, 3.05) is 20.2 Å². The Morgan fingerprint density at radius 1 is 1.15 bits per heavy atom. The molecule has 4 nitrogen and oxygen atoms in total. The maximum Gasteiger partial charge on any atom is 0.220 e. The molecule has 2 saturated heterocycles. The van der Waals surface area contributed by atoms with Gasteiger partial charge in [-0.1, -0.05) is 48.5 Å². The molecule has 0 aromatic heterocycles. The lowest BCUT2D eigenvalue weighted by atomic mass is 9.76. The van der Waals surface area contributed by atoms with Crippen LogP contribution in [-0.2, 0) is 11.3 Å². The first-order valence-corrected chi connectivity index (χ1v) is 9.40. The predicted octanol–water partition coefficient (Wildman–Crippen LogP) is 3.33. The maximum atomic E-state index is 12.2. The molecule has 0 bridgehead atoms. The number of amides is 1. The van der Waals surface area contributed by atoms with Crippen molar-refractivity contribution in [1.82, 2.24) is 10.2 Å². The fraction of sp³-hybridized carbons (Fsp3) is 0.409. The lowest BCUT2D eigenvalue weighted by Crippen LogP contribution is -2.56. The Labute approximate surface area is 155 Å². The number of methoxy groups -OCH3 is 1. The monoisotopic (exact) mass is 350 g/mol. The molecular weight excluding hydrogens is 324 g/mol. The number of ether oxygens (including phenoxy) is 1.